The van der Waals surface area contributed by atoms with Crippen LogP contribution in [0.3, 0.4) is 0 Å². The molecule has 3 aromatic carbocycles. The van der Waals surface area contributed by atoms with Gasteiger partial charge in [-0.1, -0.05) is 12.1 Å². The van der Waals surface area contributed by atoms with Crippen molar-refractivity contribution in [3.05, 3.63) is 40.7 Å². The molecule has 5 aromatic rings. The Morgan fingerprint density at radius 3 is 1.47 bits per heavy atom. The molecule has 0 fully saturated rings. The summed E-state index contributed by atoms with van der Waals surface area (Å²) in [7, 11) is 0. The summed E-state index contributed by atoms with van der Waals surface area (Å²) in [5.74, 6) is -12.1. The maximum absolute atomic E-state index is 15.4. The molecule has 0 amide bonds. The average molecular weight is 575 g/mol. The van der Waals surface area contributed by atoms with Crippen molar-refractivity contribution in [2.24, 2.45) is 0 Å². The Bertz CT molecular complexity index is 1630. The zero-order valence-electron chi connectivity index (χ0n) is 17.4. The summed E-state index contributed by atoms with van der Waals surface area (Å²) >= 11 is 0. The number of halogens is 16. The van der Waals surface area contributed by atoms with E-state index in [1.807, 2.05) is 0 Å². The molecule has 2 heterocycles. The highest BCUT2D eigenvalue weighted by atomic mass is 19.4. The lowest BCUT2D eigenvalue weighted by molar-refractivity contribution is -0.261. The molecule has 206 valence electrons. The third-order valence-electron chi connectivity index (χ3n) is 6.33. The number of alkyl halides is 15. The Balaban J connectivity index is 2.21. The Morgan fingerprint density at radius 2 is 1.03 bits per heavy atom. The van der Waals surface area contributed by atoms with E-state index in [2.05, 4.69) is 0 Å². The number of nitrogens with zero attached hydrogens (tertiary/aromatic N) is 1. The molecule has 0 saturated carbocycles. The minimum Gasteiger partial charge on any atom is -0.305 e. The molecule has 0 atom stereocenters. The van der Waals surface area contributed by atoms with Gasteiger partial charge in [0, 0.05) is 21.7 Å². The molecule has 0 aliphatic rings. The molecule has 0 N–H and O–H groups in total. The van der Waals surface area contributed by atoms with Gasteiger partial charge >= 0.3 is 30.9 Å². The molecule has 0 unspecified atom stereocenters. The molecule has 2 bridgehead atoms. The highest BCUT2D eigenvalue weighted by molar-refractivity contribution is 6.26. The Morgan fingerprint density at radius 1 is 0.553 bits per heavy atom. The molecule has 0 radical (unpaired) electrons. The van der Waals surface area contributed by atoms with Crippen LogP contribution in [-0.4, -0.2) is 29.1 Å². The SMILES string of the molecule is Fc1c2c3cccc2n2c4c(C(C(F)(F)F)C(F)(F)F)c(C(C(F)(F)F)C(F)(F)F)c(c3C(F)(F)F)c1c42. The van der Waals surface area contributed by atoms with Crippen LogP contribution < -0.4 is 0 Å². The van der Waals surface area contributed by atoms with Crippen molar-refractivity contribution < 1.29 is 70.2 Å². The second-order valence-corrected chi connectivity index (χ2v) is 8.53. The molecule has 0 saturated heterocycles. The summed E-state index contributed by atoms with van der Waals surface area (Å²) in [6.45, 7) is 0. The van der Waals surface area contributed by atoms with E-state index in [0.29, 0.717) is 10.5 Å². The van der Waals surface area contributed by atoms with Gasteiger partial charge < -0.3 is 4.40 Å². The third kappa shape index (κ3) is 3.41. The van der Waals surface area contributed by atoms with Crippen molar-refractivity contribution >= 4 is 38.1 Å². The van der Waals surface area contributed by atoms with E-state index in [-0.39, 0.29) is 0 Å². The van der Waals surface area contributed by atoms with E-state index < -0.39 is 103 Å². The van der Waals surface area contributed by atoms with Crippen molar-refractivity contribution in [2.45, 2.75) is 42.7 Å². The molecule has 38 heavy (non-hydrogen) atoms. The van der Waals surface area contributed by atoms with Crippen LogP contribution in [0.5, 0.6) is 0 Å². The first-order valence-corrected chi connectivity index (χ1v) is 9.92. The molecule has 5 rings (SSSR count). The van der Waals surface area contributed by atoms with Gasteiger partial charge in [0.15, 0.2) is 11.8 Å². The summed E-state index contributed by atoms with van der Waals surface area (Å²) in [6.07, 6.45) is -32.6. The number of benzene rings is 3. The monoisotopic (exact) mass is 575 g/mol. The molecule has 0 aliphatic heterocycles. The topological polar surface area (TPSA) is 4.41 Å². The van der Waals surface area contributed by atoms with Crippen LogP contribution in [0.4, 0.5) is 70.2 Å². The zero-order chi connectivity index (χ0) is 28.7. The second kappa shape index (κ2) is 7.08. The fraction of sp³-hybridized carbons (Fsp3) is 0.333. The number of pyridine rings is 1. The smallest absolute Gasteiger partial charge is 0.305 e. The maximum atomic E-state index is 15.4. The van der Waals surface area contributed by atoms with Crippen molar-refractivity contribution in [1.29, 1.82) is 0 Å². The first-order chi connectivity index (χ1) is 17.0. The van der Waals surface area contributed by atoms with Gasteiger partial charge in [0.2, 0.25) is 0 Å². The number of rotatable bonds is 2. The van der Waals surface area contributed by atoms with Gasteiger partial charge in [-0.2, -0.15) is 65.9 Å². The van der Waals surface area contributed by atoms with Crippen molar-refractivity contribution in [2.75, 3.05) is 0 Å². The van der Waals surface area contributed by atoms with E-state index >= 15 is 4.39 Å². The van der Waals surface area contributed by atoms with Crippen LogP contribution >= 0.6 is 0 Å². The third-order valence-corrected chi connectivity index (χ3v) is 6.33. The summed E-state index contributed by atoms with van der Waals surface area (Å²) in [6, 6.07) is 1.94. The largest absolute Gasteiger partial charge is 0.417 e. The van der Waals surface area contributed by atoms with E-state index in [9.17, 15) is 65.9 Å². The summed E-state index contributed by atoms with van der Waals surface area (Å²) in [5.41, 5.74) is -11.5. The van der Waals surface area contributed by atoms with E-state index in [4.69, 9.17) is 0 Å². The van der Waals surface area contributed by atoms with Gasteiger partial charge in [-0.3, -0.25) is 0 Å². The van der Waals surface area contributed by atoms with Crippen LogP contribution in [-0.2, 0) is 6.18 Å². The predicted octanol–water partition coefficient (Wildman–Crippen LogP) is 9.29. The maximum Gasteiger partial charge on any atom is 0.417 e. The normalized spacial score (nSPS) is 15.3. The summed E-state index contributed by atoms with van der Waals surface area (Å²) in [5, 5.41) is -6.33. The van der Waals surface area contributed by atoms with Gasteiger partial charge in [0.05, 0.1) is 22.1 Å². The lowest BCUT2D eigenvalue weighted by atomic mass is 9.79. The minimum absolute atomic E-state index is 0.307. The molecule has 2 aromatic heterocycles. The van der Waals surface area contributed by atoms with Crippen LogP contribution in [0.15, 0.2) is 18.2 Å². The van der Waals surface area contributed by atoms with Crippen molar-refractivity contribution in [3.8, 4) is 0 Å². The molecule has 0 spiro atoms. The van der Waals surface area contributed by atoms with Crippen molar-refractivity contribution in [3.63, 3.8) is 0 Å². The highest BCUT2D eigenvalue weighted by Gasteiger charge is 2.65. The van der Waals surface area contributed by atoms with E-state index in [1.54, 1.807) is 0 Å². The molecule has 17 heteroatoms. The molecule has 1 nitrogen and oxygen atoms in total. The van der Waals surface area contributed by atoms with Gasteiger partial charge in [-0.25, -0.2) is 4.39 Å². The fourth-order valence-electron chi connectivity index (χ4n) is 5.21. The standard InChI is InChI=1S/C21H5F16N/c22-12-6-4-2-1-3-5(6)38-13-9(12)7(11(4)17(23,24)25)8(15(18(26,27)28)19(29,30)31)10(14(13)38)16(20(32,33)34)21(35,36)37/h1-3,15-16H. The Kier molecular flexibility index (Phi) is 4.93. The number of fused-ring (bicyclic) bond motifs is 2. The van der Waals surface area contributed by atoms with Crippen LogP contribution in [0, 0.1) is 5.82 Å². The van der Waals surface area contributed by atoms with E-state index in [1.165, 1.54) is 0 Å². The molecule has 0 aliphatic carbocycles. The zero-order valence-corrected chi connectivity index (χ0v) is 17.4. The number of hydrogen-bond donors (Lipinski definition) is 0. The van der Waals surface area contributed by atoms with Crippen molar-refractivity contribution in [1.82, 2.24) is 4.40 Å². The minimum atomic E-state index is -6.74. The Labute approximate surface area is 197 Å². The van der Waals surface area contributed by atoms with Crippen LogP contribution in [0.25, 0.3) is 38.1 Å². The fourth-order valence-corrected chi connectivity index (χ4v) is 5.21. The van der Waals surface area contributed by atoms with Crippen LogP contribution in [0.2, 0.25) is 0 Å². The highest BCUT2D eigenvalue weighted by Crippen LogP contribution is 2.62. The predicted molar refractivity (Wildman–Crippen MR) is 98.1 cm³/mol. The van der Waals surface area contributed by atoms with Crippen LogP contribution in [0.1, 0.15) is 28.5 Å². The number of aromatic nitrogens is 1. The number of hydrogen-bond acceptors (Lipinski definition) is 0. The first-order valence-electron chi connectivity index (χ1n) is 9.92. The Hall–Kier alpha value is -3.14. The summed E-state index contributed by atoms with van der Waals surface area (Å²) < 4.78 is 224. The molecular formula is C21H5F16N. The van der Waals surface area contributed by atoms with Gasteiger partial charge in [-0.05, 0) is 17.0 Å². The summed E-state index contributed by atoms with van der Waals surface area (Å²) in [4.78, 5) is 0. The van der Waals surface area contributed by atoms with E-state index in [0.717, 1.165) is 12.1 Å². The quantitative estimate of drug-likeness (QED) is 0.146. The lowest BCUT2D eigenvalue weighted by Crippen LogP contribution is -2.39. The second-order valence-electron chi connectivity index (χ2n) is 8.53. The van der Waals surface area contributed by atoms with Gasteiger partial charge in [0.25, 0.3) is 0 Å². The lowest BCUT2D eigenvalue weighted by Gasteiger charge is -2.31. The first kappa shape index (κ1) is 26.5. The van der Waals surface area contributed by atoms with Gasteiger partial charge in [0.1, 0.15) is 5.82 Å². The molecular weight excluding hydrogens is 570 g/mol. The van der Waals surface area contributed by atoms with Gasteiger partial charge in [-0.15, -0.1) is 0 Å². The average Bonchev–Trinajstić information content (AvgIpc) is 3.39.